The Morgan fingerprint density at radius 3 is 3.33 bits per heavy atom. The summed E-state index contributed by atoms with van der Waals surface area (Å²) >= 11 is 0. The molecule has 0 spiro atoms. The molecule has 0 bridgehead atoms. The molecule has 1 aliphatic heterocycles. The lowest BCUT2D eigenvalue weighted by Gasteiger charge is -2.22. The van der Waals surface area contributed by atoms with Crippen LogP contribution >= 0.6 is 0 Å². The van der Waals surface area contributed by atoms with Crippen molar-refractivity contribution in [2.75, 3.05) is 13.1 Å². The highest BCUT2D eigenvalue weighted by Gasteiger charge is 2.46. The Labute approximate surface area is 89.1 Å². The van der Waals surface area contributed by atoms with E-state index in [0.29, 0.717) is 5.92 Å². The van der Waals surface area contributed by atoms with Crippen LogP contribution < -0.4 is 5.73 Å². The standard InChI is InChI=1S/C10H17N5/c11-10-3-1-2-8(10)4-15(6-10)5-9-12-7-13-14-9/h7-8H,1-6,11H2,(H,12,13,14). The second-order valence-electron chi connectivity index (χ2n) is 4.92. The molecule has 1 aliphatic carbocycles. The molecule has 0 aromatic carbocycles. The first-order valence-corrected chi connectivity index (χ1v) is 5.62. The first kappa shape index (κ1) is 9.30. The van der Waals surface area contributed by atoms with Gasteiger partial charge in [0, 0.05) is 18.6 Å². The molecule has 0 radical (unpaired) electrons. The minimum absolute atomic E-state index is 0.0834. The molecule has 0 amide bonds. The van der Waals surface area contributed by atoms with Crippen molar-refractivity contribution in [2.24, 2.45) is 11.7 Å². The van der Waals surface area contributed by atoms with Gasteiger partial charge in [0.25, 0.3) is 0 Å². The molecule has 82 valence electrons. The van der Waals surface area contributed by atoms with Crippen molar-refractivity contribution in [1.29, 1.82) is 0 Å². The highest BCUT2D eigenvalue weighted by atomic mass is 15.3. The van der Waals surface area contributed by atoms with Crippen LogP contribution in [0.4, 0.5) is 0 Å². The van der Waals surface area contributed by atoms with Gasteiger partial charge < -0.3 is 5.73 Å². The molecule has 15 heavy (non-hydrogen) atoms. The van der Waals surface area contributed by atoms with E-state index in [4.69, 9.17) is 5.73 Å². The summed E-state index contributed by atoms with van der Waals surface area (Å²) in [5.41, 5.74) is 6.48. The van der Waals surface area contributed by atoms with Crippen LogP contribution in [0.25, 0.3) is 0 Å². The molecule has 1 aromatic rings. The fourth-order valence-electron chi connectivity index (χ4n) is 3.08. The van der Waals surface area contributed by atoms with E-state index in [0.717, 1.165) is 25.5 Å². The first-order valence-electron chi connectivity index (χ1n) is 5.62. The van der Waals surface area contributed by atoms with E-state index in [-0.39, 0.29) is 5.54 Å². The number of nitrogens with two attached hydrogens (primary N) is 1. The maximum absolute atomic E-state index is 6.40. The molecule has 2 fully saturated rings. The molecule has 1 saturated carbocycles. The minimum Gasteiger partial charge on any atom is -0.324 e. The lowest BCUT2D eigenvalue weighted by Crippen LogP contribution is -2.44. The Kier molecular flexibility index (Phi) is 2.03. The number of hydrogen-bond acceptors (Lipinski definition) is 4. The highest BCUT2D eigenvalue weighted by Crippen LogP contribution is 2.39. The third-order valence-electron chi connectivity index (χ3n) is 3.84. The largest absolute Gasteiger partial charge is 0.324 e. The Bertz CT molecular complexity index is 336. The Morgan fingerprint density at radius 2 is 2.60 bits per heavy atom. The van der Waals surface area contributed by atoms with Crippen molar-refractivity contribution in [1.82, 2.24) is 20.1 Å². The fraction of sp³-hybridized carbons (Fsp3) is 0.800. The number of rotatable bonds is 2. The SMILES string of the molecule is NC12CCCC1CN(Cc1ncn[nH]1)C2. The molecule has 3 rings (SSSR count). The molecule has 2 atom stereocenters. The predicted molar refractivity (Wildman–Crippen MR) is 55.9 cm³/mol. The van der Waals surface area contributed by atoms with Gasteiger partial charge in [-0.1, -0.05) is 6.42 Å². The quantitative estimate of drug-likeness (QED) is 0.722. The van der Waals surface area contributed by atoms with E-state index in [2.05, 4.69) is 20.1 Å². The van der Waals surface area contributed by atoms with Crippen molar-refractivity contribution >= 4 is 0 Å². The summed E-state index contributed by atoms with van der Waals surface area (Å²) in [6.07, 6.45) is 5.34. The van der Waals surface area contributed by atoms with Gasteiger partial charge in [-0.15, -0.1) is 0 Å². The van der Waals surface area contributed by atoms with E-state index >= 15 is 0 Å². The van der Waals surface area contributed by atoms with E-state index in [1.807, 2.05) is 0 Å². The maximum atomic E-state index is 6.40. The molecule has 5 heteroatoms. The van der Waals surface area contributed by atoms with Gasteiger partial charge >= 0.3 is 0 Å². The second-order valence-corrected chi connectivity index (χ2v) is 4.92. The summed E-state index contributed by atoms with van der Waals surface area (Å²) < 4.78 is 0. The van der Waals surface area contributed by atoms with Gasteiger partial charge in [-0.3, -0.25) is 10.00 Å². The lowest BCUT2D eigenvalue weighted by molar-refractivity contribution is 0.289. The zero-order chi connectivity index (χ0) is 10.3. The fourth-order valence-corrected chi connectivity index (χ4v) is 3.08. The zero-order valence-corrected chi connectivity index (χ0v) is 8.82. The number of hydrogen-bond donors (Lipinski definition) is 2. The van der Waals surface area contributed by atoms with E-state index in [9.17, 15) is 0 Å². The third-order valence-corrected chi connectivity index (χ3v) is 3.84. The van der Waals surface area contributed by atoms with Gasteiger partial charge in [-0.25, -0.2) is 4.98 Å². The van der Waals surface area contributed by atoms with Gasteiger partial charge in [0.05, 0.1) is 6.54 Å². The number of aromatic nitrogens is 3. The molecule has 1 saturated heterocycles. The van der Waals surface area contributed by atoms with Gasteiger partial charge in [0.1, 0.15) is 12.2 Å². The van der Waals surface area contributed by atoms with Crippen LogP contribution in [-0.2, 0) is 6.54 Å². The maximum Gasteiger partial charge on any atom is 0.138 e. The van der Waals surface area contributed by atoms with Crippen molar-refractivity contribution in [3.8, 4) is 0 Å². The summed E-state index contributed by atoms with van der Waals surface area (Å²) in [6, 6.07) is 0. The monoisotopic (exact) mass is 207 g/mol. The number of aromatic amines is 1. The van der Waals surface area contributed by atoms with Gasteiger partial charge in [0.15, 0.2) is 0 Å². The smallest absolute Gasteiger partial charge is 0.138 e. The predicted octanol–water partition coefficient (Wildman–Crippen LogP) is 0.118. The molecule has 3 N–H and O–H groups in total. The number of likely N-dealkylation sites (tertiary alicyclic amines) is 1. The minimum atomic E-state index is 0.0834. The Hall–Kier alpha value is -0.940. The van der Waals surface area contributed by atoms with Gasteiger partial charge in [0.2, 0.25) is 0 Å². The molecular formula is C10H17N5. The van der Waals surface area contributed by atoms with Crippen molar-refractivity contribution in [2.45, 2.75) is 31.3 Å². The summed E-state index contributed by atoms with van der Waals surface area (Å²) in [5, 5.41) is 6.76. The van der Waals surface area contributed by atoms with E-state index < -0.39 is 0 Å². The third kappa shape index (κ3) is 1.55. The average Bonchev–Trinajstić information content (AvgIpc) is 2.81. The molecular weight excluding hydrogens is 190 g/mol. The first-order chi connectivity index (χ1) is 7.26. The zero-order valence-electron chi connectivity index (χ0n) is 8.82. The van der Waals surface area contributed by atoms with Crippen LogP contribution in [0.5, 0.6) is 0 Å². The lowest BCUT2D eigenvalue weighted by atomic mass is 9.92. The second kappa shape index (κ2) is 3.28. The summed E-state index contributed by atoms with van der Waals surface area (Å²) in [7, 11) is 0. The Balaban J connectivity index is 1.67. The summed E-state index contributed by atoms with van der Waals surface area (Å²) in [4.78, 5) is 6.54. The number of nitrogens with one attached hydrogen (secondary N) is 1. The molecule has 2 aliphatic rings. The molecule has 5 nitrogen and oxygen atoms in total. The molecule has 1 aromatic heterocycles. The van der Waals surface area contributed by atoms with E-state index in [1.54, 1.807) is 6.33 Å². The Morgan fingerprint density at radius 1 is 1.67 bits per heavy atom. The number of H-pyrrole nitrogens is 1. The summed E-state index contributed by atoms with van der Waals surface area (Å²) in [6.45, 7) is 2.99. The highest BCUT2D eigenvalue weighted by molar-refractivity contribution is 5.05. The van der Waals surface area contributed by atoms with Crippen LogP contribution in [0.2, 0.25) is 0 Å². The van der Waals surface area contributed by atoms with E-state index in [1.165, 1.54) is 19.3 Å². The number of nitrogens with zero attached hydrogens (tertiary/aromatic N) is 3. The van der Waals surface area contributed by atoms with Crippen LogP contribution in [0, 0.1) is 5.92 Å². The van der Waals surface area contributed by atoms with Crippen LogP contribution in [-0.4, -0.2) is 38.7 Å². The summed E-state index contributed by atoms with van der Waals surface area (Å²) in [5.74, 6) is 1.64. The van der Waals surface area contributed by atoms with Crippen molar-refractivity contribution < 1.29 is 0 Å². The molecule has 2 heterocycles. The van der Waals surface area contributed by atoms with Crippen LogP contribution in [0.3, 0.4) is 0 Å². The van der Waals surface area contributed by atoms with Crippen molar-refractivity contribution in [3.05, 3.63) is 12.2 Å². The van der Waals surface area contributed by atoms with Crippen LogP contribution in [0.1, 0.15) is 25.1 Å². The average molecular weight is 207 g/mol. The van der Waals surface area contributed by atoms with Gasteiger partial charge in [-0.05, 0) is 18.8 Å². The van der Waals surface area contributed by atoms with Gasteiger partial charge in [-0.2, -0.15) is 5.10 Å². The molecule has 2 unspecified atom stereocenters. The number of fused-ring (bicyclic) bond motifs is 1. The van der Waals surface area contributed by atoms with Crippen molar-refractivity contribution in [3.63, 3.8) is 0 Å². The normalized spacial score (nSPS) is 35.9. The topological polar surface area (TPSA) is 70.8 Å². The van der Waals surface area contributed by atoms with Crippen LogP contribution in [0.15, 0.2) is 6.33 Å².